The number of halogens is 1. The summed E-state index contributed by atoms with van der Waals surface area (Å²) in [5, 5.41) is 9.64. The lowest BCUT2D eigenvalue weighted by Crippen LogP contribution is -2.13. The van der Waals surface area contributed by atoms with E-state index >= 15 is 0 Å². The van der Waals surface area contributed by atoms with Gasteiger partial charge >= 0.3 is 5.69 Å². The minimum atomic E-state index is -0.358. The molecular weight excluding hydrogens is 288 g/mol. The Labute approximate surface area is 103 Å². The summed E-state index contributed by atoms with van der Waals surface area (Å²) < 4.78 is 7.23. The first-order valence-electron chi connectivity index (χ1n) is 4.85. The summed E-state index contributed by atoms with van der Waals surface area (Å²) in [6, 6.07) is 8.27. The number of nitrogens with one attached hydrogen (secondary N) is 1. The van der Waals surface area contributed by atoms with E-state index < -0.39 is 0 Å². The van der Waals surface area contributed by atoms with Gasteiger partial charge in [0, 0.05) is 6.07 Å². The molecule has 0 fully saturated rings. The van der Waals surface area contributed by atoms with Crippen molar-refractivity contribution in [3.8, 4) is 11.6 Å². The maximum atomic E-state index is 11.8. The Kier molecular flexibility index (Phi) is 2.12. The Morgan fingerprint density at radius 3 is 2.82 bits per heavy atom. The highest BCUT2D eigenvalue weighted by molar-refractivity contribution is 9.10. The molecule has 0 aliphatic heterocycles. The van der Waals surface area contributed by atoms with Crippen LogP contribution in [0.25, 0.3) is 16.9 Å². The van der Waals surface area contributed by atoms with E-state index in [1.165, 1.54) is 10.6 Å². The maximum Gasteiger partial charge on any atom is 0.333 e. The van der Waals surface area contributed by atoms with Crippen LogP contribution in [-0.2, 0) is 0 Å². The summed E-state index contributed by atoms with van der Waals surface area (Å²) in [5.74, 6) is 0.419. The molecule has 0 spiro atoms. The molecule has 6 heteroatoms. The molecule has 3 aromatic rings. The summed E-state index contributed by atoms with van der Waals surface area (Å²) in [7, 11) is 0. The number of phenolic OH excluding ortho intramolecular Hbond substituents is 1. The van der Waals surface area contributed by atoms with Crippen molar-refractivity contribution >= 4 is 27.0 Å². The van der Waals surface area contributed by atoms with Crippen LogP contribution in [0.4, 0.5) is 0 Å². The van der Waals surface area contributed by atoms with Gasteiger partial charge in [0.2, 0.25) is 5.88 Å². The molecular formula is C11H7BrN2O3. The van der Waals surface area contributed by atoms with Crippen molar-refractivity contribution in [2.24, 2.45) is 0 Å². The second-order valence-corrected chi connectivity index (χ2v) is 4.30. The lowest BCUT2D eigenvalue weighted by molar-refractivity contribution is 0.480. The summed E-state index contributed by atoms with van der Waals surface area (Å²) in [5.41, 5.74) is 0.602. The van der Waals surface area contributed by atoms with Crippen LogP contribution in [0.3, 0.4) is 0 Å². The number of hydrogen-bond donors (Lipinski definition) is 2. The van der Waals surface area contributed by atoms with Crippen LogP contribution in [0.1, 0.15) is 0 Å². The van der Waals surface area contributed by atoms with Gasteiger partial charge in [0.1, 0.15) is 11.3 Å². The van der Waals surface area contributed by atoms with E-state index in [9.17, 15) is 9.90 Å². The number of nitrogens with zero attached hydrogens (tertiary/aromatic N) is 1. The third-order valence-electron chi connectivity index (χ3n) is 2.48. The molecule has 1 aromatic carbocycles. The summed E-state index contributed by atoms with van der Waals surface area (Å²) in [4.78, 5) is 14.4. The molecule has 0 amide bonds. The van der Waals surface area contributed by atoms with Crippen LogP contribution >= 0.6 is 15.9 Å². The molecule has 2 heterocycles. The topological polar surface area (TPSA) is 71.2 Å². The Bertz CT molecular complexity index is 754. The number of furan rings is 1. The molecule has 3 rings (SSSR count). The molecule has 17 heavy (non-hydrogen) atoms. The number of aromatic amines is 1. The number of para-hydroxylation sites is 1. The fourth-order valence-corrected chi connectivity index (χ4v) is 2.06. The second-order valence-electron chi connectivity index (χ2n) is 3.51. The van der Waals surface area contributed by atoms with Crippen molar-refractivity contribution in [3.63, 3.8) is 0 Å². The van der Waals surface area contributed by atoms with Gasteiger partial charge in [-0.3, -0.25) is 0 Å². The molecule has 2 N–H and O–H groups in total. The number of aromatic hydroxyl groups is 1. The summed E-state index contributed by atoms with van der Waals surface area (Å²) >= 11 is 3.18. The van der Waals surface area contributed by atoms with E-state index in [0.29, 0.717) is 21.6 Å². The molecule has 5 nitrogen and oxygen atoms in total. The number of fused-ring (bicyclic) bond motifs is 1. The largest absolute Gasteiger partial charge is 0.506 e. The Hall–Kier alpha value is -1.95. The molecule has 2 aromatic heterocycles. The highest BCUT2D eigenvalue weighted by atomic mass is 79.9. The maximum absolute atomic E-state index is 11.8. The highest BCUT2D eigenvalue weighted by Gasteiger charge is 2.13. The molecule has 86 valence electrons. The van der Waals surface area contributed by atoms with Crippen molar-refractivity contribution in [1.29, 1.82) is 0 Å². The third-order valence-corrected chi connectivity index (χ3v) is 2.90. The Morgan fingerprint density at radius 2 is 2.12 bits per heavy atom. The number of hydrogen-bond acceptors (Lipinski definition) is 3. The minimum Gasteiger partial charge on any atom is -0.506 e. The Balaban J connectivity index is 2.40. The monoisotopic (exact) mass is 294 g/mol. The van der Waals surface area contributed by atoms with Crippen LogP contribution in [0, 0.1) is 0 Å². The lowest BCUT2D eigenvalue weighted by atomic mass is 10.3. The SMILES string of the molecule is O=c1[nH]c2c(O)cccc2n1-c1ccc(Br)o1. The van der Waals surface area contributed by atoms with Gasteiger partial charge in [-0.2, -0.15) is 0 Å². The molecule has 0 aliphatic carbocycles. The standard InChI is InChI=1S/C11H7BrN2O3/c12-8-4-5-9(17-8)14-6-2-1-3-7(15)10(6)13-11(14)16/h1-5,15H,(H,13,16). The van der Waals surface area contributed by atoms with E-state index in [1.54, 1.807) is 24.3 Å². The number of benzene rings is 1. The van der Waals surface area contributed by atoms with Crippen LogP contribution in [0.15, 0.2) is 44.2 Å². The molecule has 0 aliphatic rings. The molecule has 0 saturated heterocycles. The van der Waals surface area contributed by atoms with Gasteiger partial charge in [0.15, 0.2) is 4.67 Å². The van der Waals surface area contributed by atoms with Crippen LogP contribution in [-0.4, -0.2) is 14.7 Å². The van der Waals surface area contributed by atoms with Crippen molar-refractivity contribution in [2.75, 3.05) is 0 Å². The average Bonchev–Trinajstić information content (AvgIpc) is 2.82. The van der Waals surface area contributed by atoms with E-state index in [0.717, 1.165) is 0 Å². The molecule has 0 atom stereocenters. The first kappa shape index (κ1) is 10.2. The molecule has 0 radical (unpaired) electrons. The third kappa shape index (κ3) is 1.49. The van der Waals surface area contributed by atoms with E-state index in [4.69, 9.17) is 4.42 Å². The molecule has 0 bridgehead atoms. The second kappa shape index (κ2) is 3.53. The zero-order valence-electron chi connectivity index (χ0n) is 8.48. The van der Waals surface area contributed by atoms with E-state index in [-0.39, 0.29) is 11.4 Å². The van der Waals surface area contributed by atoms with Gasteiger partial charge in [0.05, 0.1) is 5.52 Å². The predicted octanol–water partition coefficient (Wildman–Crippen LogP) is 2.38. The van der Waals surface area contributed by atoms with E-state index in [1.807, 2.05) is 0 Å². The van der Waals surface area contributed by atoms with Gasteiger partial charge < -0.3 is 14.5 Å². The van der Waals surface area contributed by atoms with Crippen molar-refractivity contribution in [3.05, 3.63) is 45.5 Å². The lowest BCUT2D eigenvalue weighted by Gasteiger charge is -1.98. The number of rotatable bonds is 1. The van der Waals surface area contributed by atoms with E-state index in [2.05, 4.69) is 20.9 Å². The fraction of sp³-hybridized carbons (Fsp3) is 0. The number of phenols is 1. The van der Waals surface area contributed by atoms with Gasteiger partial charge in [0.25, 0.3) is 0 Å². The average molecular weight is 295 g/mol. The highest BCUT2D eigenvalue weighted by Crippen LogP contribution is 2.24. The van der Waals surface area contributed by atoms with Gasteiger partial charge in [-0.15, -0.1) is 0 Å². The minimum absolute atomic E-state index is 0.0315. The first-order valence-corrected chi connectivity index (χ1v) is 5.64. The number of imidazole rings is 1. The number of aromatic nitrogens is 2. The van der Waals surface area contributed by atoms with Gasteiger partial charge in [-0.1, -0.05) is 6.07 Å². The Morgan fingerprint density at radius 1 is 1.29 bits per heavy atom. The number of H-pyrrole nitrogens is 1. The summed E-state index contributed by atoms with van der Waals surface area (Å²) in [6.07, 6.45) is 0. The zero-order valence-corrected chi connectivity index (χ0v) is 10.1. The fourth-order valence-electron chi connectivity index (χ4n) is 1.76. The molecule has 0 unspecified atom stereocenters. The summed E-state index contributed by atoms with van der Waals surface area (Å²) in [6.45, 7) is 0. The van der Waals surface area contributed by atoms with Gasteiger partial charge in [-0.25, -0.2) is 9.36 Å². The van der Waals surface area contributed by atoms with Gasteiger partial charge in [-0.05, 0) is 34.1 Å². The van der Waals surface area contributed by atoms with Crippen LogP contribution < -0.4 is 5.69 Å². The predicted molar refractivity (Wildman–Crippen MR) is 65.5 cm³/mol. The smallest absolute Gasteiger partial charge is 0.333 e. The first-order chi connectivity index (χ1) is 8.16. The van der Waals surface area contributed by atoms with Crippen LogP contribution in [0.2, 0.25) is 0 Å². The molecule has 0 saturated carbocycles. The van der Waals surface area contributed by atoms with Crippen molar-refractivity contribution < 1.29 is 9.52 Å². The quantitative estimate of drug-likeness (QED) is 0.724. The van der Waals surface area contributed by atoms with Crippen molar-refractivity contribution in [1.82, 2.24) is 9.55 Å². The van der Waals surface area contributed by atoms with Crippen molar-refractivity contribution in [2.45, 2.75) is 0 Å². The normalized spacial score (nSPS) is 11.1. The van der Waals surface area contributed by atoms with Crippen LogP contribution in [0.5, 0.6) is 5.75 Å². The zero-order chi connectivity index (χ0) is 12.0.